The molecule has 2 heterocycles. The molecule has 4 N–H and O–H groups in total. The number of halogens is 1. The van der Waals surface area contributed by atoms with Crippen LogP contribution in [0.5, 0.6) is 0 Å². The first-order valence-corrected chi connectivity index (χ1v) is 12.7. The largest absolute Gasteiger partial charge is 1.00 e. The summed E-state index contributed by atoms with van der Waals surface area (Å²) in [6, 6.07) is 0. The van der Waals surface area contributed by atoms with Crippen LogP contribution in [-0.4, -0.2) is 44.7 Å². The molecule has 1 saturated heterocycles. The molecule has 0 aliphatic carbocycles. The summed E-state index contributed by atoms with van der Waals surface area (Å²) in [6.07, 6.45) is -5.63. The van der Waals surface area contributed by atoms with Gasteiger partial charge in [0.1, 0.15) is 24.1 Å². The number of nitrogens with zero attached hydrogens (tertiary/aromatic N) is 2. The summed E-state index contributed by atoms with van der Waals surface area (Å²) in [5.41, 5.74) is 4.50. The van der Waals surface area contributed by atoms with Crippen molar-refractivity contribution in [3.8, 4) is 0 Å². The molecule has 34 heavy (non-hydrogen) atoms. The zero-order chi connectivity index (χ0) is 23.1. The summed E-state index contributed by atoms with van der Waals surface area (Å²) >= 11 is 1.72. The van der Waals surface area contributed by atoms with Crippen molar-refractivity contribution >= 4 is 51.9 Å². The number of phosphoric ester groups is 1. The number of aliphatic hydroxyl groups excluding tert-OH is 2. The minimum Gasteiger partial charge on any atom is -0.790 e. The van der Waals surface area contributed by atoms with Crippen LogP contribution in [0.2, 0.25) is 0 Å². The second-order valence-electron chi connectivity index (χ2n) is 5.51. The number of phosphoric acid groups is 3. The van der Waals surface area contributed by atoms with Gasteiger partial charge in [0.05, 0.1) is 18.0 Å². The number of ether oxygens (including phenoxy) is 1. The van der Waals surface area contributed by atoms with Crippen molar-refractivity contribution < 1.29 is 180 Å². The average molecular weight is 697 g/mol. The van der Waals surface area contributed by atoms with Gasteiger partial charge in [-0.2, -0.15) is 4.98 Å². The van der Waals surface area contributed by atoms with Crippen molar-refractivity contribution in [1.82, 2.24) is 9.55 Å². The number of nitrogens with two attached hydrogens (primary N) is 1. The van der Waals surface area contributed by atoms with Gasteiger partial charge in [0, 0.05) is 6.20 Å². The summed E-state index contributed by atoms with van der Waals surface area (Å²) in [5.74, 6) is -0.112. The Kier molecular flexibility index (Phi) is 20.9. The number of aromatic nitrogens is 2. The maximum absolute atomic E-state index is 11.9. The molecule has 6 atom stereocenters. The van der Waals surface area contributed by atoms with Gasteiger partial charge < -0.3 is 49.3 Å². The van der Waals surface area contributed by atoms with E-state index in [1.54, 1.807) is 22.6 Å². The van der Waals surface area contributed by atoms with E-state index in [0.717, 1.165) is 10.8 Å². The van der Waals surface area contributed by atoms with Gasteiger partial charge in [-0.1, -0.05) is 0 Å². The van der Waals surface area contributed by atoms with Crippen LogP contribution >= 0.6 is 46.1 Å². The van der Waals surface area contributed by atoms with Crippen molar-refractivity contribution in [1.29, 1.82) is 0 Å². The molecular weight excluding hydrogens is 686 g/mol. The molecule has 0 spiro atoms. The quantitative estimate of drug-likeness (QED) is 0.129. The number of hydrogen-bond acceptors (Lipinski definition) is 16. The third-order valence-electron chi connectivity index (χ3n) is 3.34. The molecule has 0 radical (unpaired) electrons. The molecule has 1 aromatic rings. The first-order valence-electron chi connectivity index (χ1n) is 7.28. The molecular formula is C9H11IN3Na4O14P3. The number of rotatable bonds is 8. The first kappa shape index (κ1) is 42.2. The Hall–Kier alpha value is 3.70. The summed E-state index contributed by atoms with van der Waals surface area (Å²) in [6.45, 7) is -1.14. The summed E-state index contributed by atoms with van der Waals surface area (Å²) in [7, 11) is -18.1. The summed E-state index contributed by atoms with van der Waals surface area (Å²) in [5, 5.41) is 20.0. The zero-order valence-corrected chi connectivity index (χ0v) is 30.9. The van der Waals surface area contributed by atoms with Crippen molar-refractivity contribution in [2.45, 2.75) is 24.5 Å². The topological polar surface area (TPSA) is 282 Å². The van der Waals surface area contributed by atoms with E-state index in [2.05, 4.69) is 18.1 Å². The van der Waals surface area contributed by atoms with Crippen LogP contribution in [-0.2, 0) is 31.6 Å². The van der Waals surface area contributed by atoms with Crippen LogP contribution in [0.15, 0.2) is 11.0 Å². The van der Waals surface area contributed by atoms with E-state index < -0.39 is 60.3 Å². The Morgan fingerprint density at radius 1 is 1.06 bits per heavy atom. The fraction of sp³-hybridized carbons (Fsp3) is 0.556. The standard InChI is InChI=1S/C9H15IN3O14P3.4Na/c10-3-1-13(9(16)12-7(3)11)8-6(15)5(14)4(25-8)2-24-29(20,21)27-30(22,23)26-28(17,18)19;;;;/h1,4-6,8,14-15H,2H2,(H,20,21)(H,22,23)(H2,11,12,16)(H2,17,18,19);;;;/q;4*+1/p-4/t4-,5-,6-,8-;;;;/m1..../s1. The Bertz CT molecular complexity index is 1010. The van der Waals surface area contributed by atoms with E-state index in [0.29, 0.717) is 0 Å². The number of nitrogen functional groups attached to an aromatic ring is 1. The third-order valence-corrected chi connectivity index (χ3v) is 7.84. The molecule has 1 aliphatic rings. The Morgan fingerprint density at radius 2 is 1.59 bits per heavy atom. The smallest absolute Gasteiger partial charge is 0.790 e. The van der Waals surface area contributed by atoms with E-state index in [-0.39, 0.29) is 128 Å². The zero-order valence-electron chi connectivity index (χ0n) is 18.1. The van der Waals surface area contributed by atoms with E-state index in [1.807, 2.05) is 0 Å². The summed E-state index contributed by atoms with van der Waals surface area (Å²) in [4.78, 5) is 58.5. The number of anilines is 1. The van der Waals surface area contributed by atoms with Gasteiger partial charge >= 0.3 is 124 Å². The van der Waals surface area contributed by atoms with Gasteiger partial charge in [-0.25, -0.2) is 9.11 Å². The third kappa shape index (κ3) is 12.9. The van der Waals surface area contributed by atoms with Crippen LogP contribution in [0.1, 0.15) is 6.23 Å². The maximum atomic E-state index is 11.9. The molecule has 1 aliphatic heterocycles. The van der Waals surface area contributed by atoms with Crippen molar-refractivity contribution in [2.75, 3.05) is 12.3 Å². The molecule has 172 valence electrons. The maximum Gasteiger partial charge on any atom is 1.00 e. The average Bonchev–Trinajstić information content (AvgIpc) is 2.81. The minimum absolute atomic E-state index is 0. The Balaban J connectivity index is -0.00000240. The molecule has 25 heteroatoms. The van der Waals surface area contributed by atoms with E-state index in [4.69, 9.17) is 10.5 Å². The number of aliphatic hydroxyl groups is 2. The molecule has 1 aromatic heterocycles. The molecule has 2 unspecified atom stereocenters. The van der Waals surface area contributed by atoms with Crippen molar-refractivity contribution in [3.63, 3.8) is 0 Å². The minimum atomic E-state index is -6.16. The van der Waals surface area contributed by atoms with Gasteiger partial charge in [0.2, 0.25) is 0 Å². The van der Waals surface area contributed by atoms with Crippen LogP contribution in [0.3, 0.4) is 0 Å². The molecule has 0 amide bonds. The van der Waals surface area contributed by atoms with Gasteiger partial charge in [-0.05, 0) is 22.6 Å². The Labute approximate surface area is 293 Å². The summed E-state index contributed by atoms with van der Waals surface area (Å²) < 4.78 is 49.6. The Morgan fingerprint density at radius 3 is 2.09 bits per heavy atom. The SMILES string of the molecule is Nc1nc(=O)n([C@@H]2O[C@H](COP(=O)([O-])OP(=O)([O-])OP(=O)([O-])[O-])[C@@H](O)[C@H]2O)cc1I.[Na+].[Na+].[Na+].[Na+]. The van der Waals surface area contributed by atoms with E-state index in [9.17, 15) is 48.3 Å². The first-order chi connectivity index (χ1) is 13.5. The molecule has 0 saturated carbocycles. The predicted octanol–water partition coefficient (Wildman–Crippen LogP) is -16.1. The van der Waals surface area contributed by atoms with Crippen LogP contribution < -0.4 is 149 Å². The monoisotopic (exact) mass is 697 g/mol. The fourth-order valence-corrected chi connectivity index (χ4v) is 5.47. The molecule has 0 aromatic carbocycles. The van der Waals surface area contributed by atoms with Gasteiger partial charge in [0.15, 0.2) is 6.23 Å². The van der Waals surface area contributed by atoms with Crippen LogP contribution in [0, 0.1) is 3.57 Å². The second kappa shape index (κ2) is 16.8. The van der Waals surface area contributed by atoms with E-state index in [1.165, 1.54) is 0 Å². The van der Waals surface area contributed by atoms with Crippen molar-refractivity contribution in [3.05, 3.63) is 20.3 Å². The second-order valence-corrected chi connectivity index (χ2v) is 10.9. The normalized spacial score (nSPS) is 25.4. The molecule has 2 rings (SSSR count). The van der Waals surface area contributed by atoms with Gasteiger partial charge in [-0.3, -0.25) is 18.0 Å². The molecule has 17 nitrogen and oxygen atoms in total. The number of hydrogen-bond donors (Lipinski definition) is 3. The van der Waals surface area contributed by atoms with Crippen molar-refractivity contribution in [2.24, 2.45) is 0 Å². The fourth-order valence-electron chi connectivity index (χ4n) is 2.18. The van der Waals surface area contributed by atoms with E-state index >= 15 is 0 Å². The van der Waals surface area contributed by atoms with Crippen LogP contribution in [0.4, 0.5) is 5.82 Å². The van der Waals surface area contributed by atoms with Gasteiger partial charge in [0.25, 0.3) is 15.6 Å². The predicted molar refractivity (Wildman–Crippen MR) is 92.5 cm³/mol. The molecule has 0 bridgehead atoms. The molecule has 1 fully saturated rings. The van der Waals surface area contributed by atoms with Gasteiger partial charge in [-0.15, -0.1) is 0 Å². The van der Waals surface area contributed by atoms with Crippen LogP contribution in [0.25, 0.3) is 0 Å².